The molecule has 21 heavy (non-hydrogen) atoms. The van der Waals surface area contributed by atoms with E-state index in [9.17, 15) is 9.59 Å². The van der Waals surface area contributed by atoms with E-state index < -0.39 is 5.97 Å². The van der Waals surface area contributed by atoms with Gasteiger partial charge in [0.2, 0.25) is 0 Å². The van der Waals surface area contributed by atoms with Gasteiger partial charge in [0.15, 0.2) is 0 Å². The van der Waals surface area contributed by atoms with Crippen molar-refractivity contribution >= 4 is 33.5 Å². The topological polar surface area (TPSA) is 75.6 Å². The molecule has 6 heteroatoms. The van der Waals surface area contributed by atoms with Crippen molar-refractivity contribution in [2.24, 2.45) is 0 Å². The Bertz CT molecular complexity index is 700. The van der Waals surface area contributed by atoms with Crippen molar-refractivity contribution in [2.45, 2.75) is 0 Å². The third kappa shape index (κ3) is 3.61. The van der Waals surface area contributed by atoms with Crippen LogP contribution in [0.25, 0.3) is 0 Å². The molecule has 0 aromatic heterocycles. The molecule has 0 saturated carbocycles. The molecule has 2 N–H and O–H groups in total. The molecule has 2 rings (SSSR count). The Morgan fingerprint density at radius 1 is 1.19 bits per heavy atom. The lowest BCUT2D eigenvalue weighted by atomic mass is 10.1. The molecule has 0 atom stereocenters. The van der Waals surface area contributed by atoms with Crippen LogP contribution in [0.5, 0.6) is 5.75 Å². The number of ether oxygens (including phenoxy) is 1. The average Bonchev–Trinajstić information content (AvgIpc) is 2.47. The predicted octanol–water partition coefficient (Wildman–Crippen LogP) is 3.41. The summed E-state index contributed by atoms with van der Waals surface area (Å²) in [6, 6.07) is 11.1. The van der Waals surface area contributed by atoms with Gasteiger partial charge in [-0.1, -0.05) is 22.0 Å². The number of benzene rings is 2. The zero-order valence-corrected chi connectivity index (χ0v) is 12.7. The Kier molecular flexibility index (Phi) is 4.59. The van der Waals surface area contributed by atoms with Gasteiger partial charge in [0, 0.05) is 10.2 Å². The van der Waals surface area contributed by atoms with Gasteiger partial charge in [0.05, 0.1) is 18.2 Å². The van der Waals surface area contributed by atoms with Crippen LogP contribution in [0.1, 0.15) is 20.7 Å². The highest BCUT2D eigenvalue weighted by molar-refractivity contribution is 9.10. The standard InChI is InChI=1S/C15H12BrNO4/c1-21-13-8-10(16)5-6-12(13)14(18)17-11-4-2-3-9(7-11)15(19)20/h2-8H,1H3,(H,17,18)(H,19,20). The van der Waals surface area contributed by atoms with Crippen molar-refractivity contribution in [3.63, 3.8) is 0 Å². The van der Waals surface area contributed by atoms with Crippen LogP contribution in [0.4, 0.5) is 5.69 Å². The molecular formula is C15H12BrNO4. The number of aromatic carboxylic acids is 1. The third-order valence-corrected chi connectivity index (χ3v) is 3.27. The summed E-state index contributed by atoms with van der Waals surface area (Å²) in [6.07, 6.45) is 0. The number of amides is 1. The zero-order chi connectivity index (χ0) is 15.4. The number of carboxylic acids is 1. The highest BCUT2D eigenvalue weighted by Crippen LogP contribution is 2.24. The maximum Gasteiger partial charge on any atom is 0.335 e. The maximum absolute atomic E-state index is 12.2. The smallest absolute Gasteiger partial charge is 0.335 e. The number of methoxy groups -OCH3 is 1. The normalized spacial score (nSPS) is 10.0. The number of hydrogen-bond donors (Lipinski definition) is 2. The molecule has 0 spiro atoms. The summed E-state index contributed by atoms with van der Waals surface area (Å²) in [5.74, 6) is -0.995. The summed E-state index contributed by atoms with van der Waals surface area (Å²) in [4.78, 5) is 23.1. The van der Waals surface area contributed by atoms with Gasteiger partial charge in [-0.05, 0) is 36.4 Å². The van der Waals surface area contributed by atoms with Crippen molar-refractivity contribution in [1.82, 2.24) is 0 Å². The Hall–Kier alpha value is -2.34. The van der Waals surface area contributed by atoms with Crippen molar-refractivity contribution in [2.75, 3.05) is 12.4 Å². The van der Waals surface area contributed by atoms with Gasteiger partial charge >= 0.3 is 5.97 Å². The summed E-state index contributed by atoms with van der Waals surface area (Å²) in [5, 5.41) is 11.6. The molecule has 0 aliphatic carbocycles. The predicted molar refractivity (Wildman–Crippen MR) is 82.0 cm³/mol. The number of rotatable bonds is 4. The SMILES string of the molecule is COc1cc(Br)ccc1C(=O)Nc1cccc(C(=O)O)c1. The second-order valence-corrected chi connectivity index (χ2v) is 5.10. The summed E-state index contributed by atoms with van der Waals surface area (Å²) in [7, 11) is 1.48. The van der Waals surface area contributed by atoms with Crippen molar-refractivity contribution in [3.05, 3.63) is 58.1 Å². The minimum absolute atomic E-state index is 0.107. The second-order valence-electron chi connectivity index (χ2n) is 4.18. The first-order valence-corrected chi connectivity index (χ1v) is 6.79. The summed E-state index contributed by atoms with van der Waals surface area (Å²) in [6.45, 7) is 0. The quantitative estimate of drug-likeness (QED) is 0.886. The number of anilines is 1. The Morgan fingerprint density at radius 2 is 1.95 bits per heavy atom. The first kappa shape index (κ1) is 15.1. The Balaban J connectivity index is 2.26. The van der Waals surface area contributed by atoms with Crippen LogP contribution in [0.15, 0.2) is 46.9 Å². The number of hydrogen-bond acceptors (Lipinski definition) is 3. The highest BCUT2D eigenvalue weighted by Gasteiger charge is 2.13. The van der Waals surface area contributed by atoms with Crippen LogP contribution >= 0.6 is 15.9 Å². The van der Waals surface area contributed by atoms with E-state index in [0.29, 0.717) is 17.0 Å². The van der Waals surface area contributed by atoms with E-state index >= 15 is 0 Å². The van der Waals surface area contributed by atoms with Gasteiger partial charge in [-0.25, -0.2) is 4.79 Å². The van der Waals surface area contributed by atoms with E-state index in [-0.39, 0.29) is 11.5 Å². The monoisotopic (exact) mass is 349 g/mol. The molecule has 0 saturated heterocycles. The summed E-state index contributed by atoms with van der Waals surface area (Å²) in [5.41, 5.74) is 0.877. The molecule has 0 aliphatic heterocycles. The van der Waals surface area contributed by atoms with Gasteiger partial charge in [-0.2, -0.15) is 0 Å². The number of carboxylic acid groups (broad SMARTS) is 1. The number of nitrogens with one attached hydrogen (secondary N) is 1. The van der Waals surface area contributed by atoms with Crippen molar-refractivity contribution in [1.29, 1.82) is 0 Å². The first-order chi connectivity index (χ1) is 10.0. The van der Waals surface area contributed by atoms with E-state index in [0.717, 1.165) is 4.47 Å². The lowest BCUT2D eigenvalue weighted by Gasteiger charge is -2.10. The van der Waals surface area contributed by atoms with Crippen molar-refractivity contribution < 1.29 is 19.4 Å². The molecule has 0 aliphatic rings. The minimum atomic E-state index is -1.05. The maximum atomic E-state index is 12.2. The number of halogens is 1. The number of carbonyl (C=O) groups is 2. The van der Waals surface area contributed by atoms with Crippen LogP contribution in [0.2, 0.25) is 0 Å². The average molecular weight is 350 g/mol. The lowest BCUT2D eigenvalue weighted by Crippen LogP contribution is -2.13. The van der Waals surface area contributed by atoms with Crippen LogP contribution in [-0.4, -0.2) is 24.1 Å². The van der Waals surface area contributed by atoms with Crippen LogP contribution < -0.4 is 10.1 Å². The summed E-state index contributed by atoms with van der Waals surface area (Å²) >= 11 is 3.30. The molecule has 108 valence electrons. The zero-order valence-electron chi connectivity index (χ0n) is 11.1. The van der Waals surface area contributed by atoms with Gasteiger partial charge in [0.25, 0.3) is 5.91 Å². The van der Waals surface area contributed by atoms with Crippen molar-refractivity contribution in [3.8, 4) is 5.75 Å². The van der Waals surface area contributed by atoms with Crippen LogP contribution in [0.3, 0.4) is 0 Å². The molecule has 0 heterocycles. The third-order valence-electron chi connectivity index (χ3n) is 2.78. The van der Waals surface area contributed by atoms with Gasteiger partial charge < -0.3 is 15.2 Å². The van der Waals surface area contributed by atoms with Gasteiger partial charge in [-0.3, -0.25) is 4.79 Å². The van der Waals surface area contributed by atoms with E-state index in [1.807, 2.05) is 0 Å². The van der Waals surface area contributed by atoms with Crippen LogP contribution in [-0.2, 0) is 0 Å². The lowest BCUT2D eigenvalue weighted by molar-refractivity contribution is 0.0696. The fourth-order valence-corrected chi connectivity index (χ4v) is 2.12. The highest BCUT2D eigenvalue weighted by atomic mass is 79.9. The molecule has 0 bridgehead atoms. The largest absolute Gasteiger partial charge is 0.496 e. The van der Waals surface area contributed by atoms with E-state index in [2.05, 4.69) is 21.2 Å². The molecular weight excluding hydrogens is 338 g/mol. The fraction of sp³-hybridized carbons (Fsp3) is 0.0667. The summed E-state index contributed by atoms with van der Waals surface area (Å²) < 4.78 is 5.96. The Morgan fingerprint density at radius 3 is 2.62 bits per heavy atom. The van der Waals surface area contributed by atoms with Crippen LogP contribution in [0, 0.1) is 0 Å². The molecule has 0 unspecified atom stereocenters. The molecule has 5 nitrogen and oxygen atoms in total. The molecule has 2 aromatic rings. The van der Waals surface area contributed by atoms with Gasteiger partial charge in [-0.15, -0.1) is 0 Å². The first-order valence-electron chi connectivity index (χ1n) is 5.99. The molecule has 1 amide bonds. The van der Waals surface area contributed by atoms with E-state index in [1.165, 1.54) is 19.2 Å². The number of carbonyl (C=O) groups excluding carboxylic acids is 1. The van der Waals surface area contributed by atoms with E-state index in [4.69, 9.17) is 9.84 Å². The molecule has 0 fully saturated rings. The molecule has 2 aromatic carbocycles. The van der Waals surface area contributed by atoms with Gasteiger partial charge in [0.1, 0.15) is 5.75 Å². The second kappa shape index (κ2) is 6.41. The Labute approximate surface area is 129 Å². The minimum Gasteiger partial charge on any atom is -0.496 e. The fourth-order valence-electron chi connectivity index (χ4n) is 1.78. The molecule has 0 radical (unpaired) electrons. The van der Waals surface area contributed by atoms with E-state index in [1.54, 1.807) is 30.3 Å².